The molecule has 17 heavy (non-hydrogen) atoms. The number of nitrogens with zero attached hydrogens (tertiary/aromatic N) is 4. The second-order valence-electron chi connectivity index (χ2n) is 4.72. The lowest BCUT2D eigenvalue weighted by atomic mass is 10.4. The quantitative estimate of drug-likeness (QED) is 0.793. The molecule has 1 aliphatic rings. The van der Waals surface area contributed by atoms with Crippen LogP contribution in [-0.2, 0) is 13.1 Å². The smallest absolute Gasteiger partial charge is 0.240 e. The minimum absolute atomic E-state index is 0.726. The molecule has 1 aromatic rings. The predicted octanol–water partition coefficient (Wildman–Crippen LogP) is -0.0735. The third kappa shape index (κ3) is 4.07. The van der Waals surface area contributed by atoms with E-state index in [1.54, 1.807) is 0 Å². The molecule has 96 valence electrons. The summed E-state index contributed by atoms with van der Waals surface area (Å²) in [6.45, 7) is 5.78. The standard InChI is InChI=1S/C11H21N5O/c1-15(2)8-10-13-11(17-14-10)9-16-6-3-4-12-5-7-16/h12H,3-9H2,1-2H3. The van der Waals surface area contributed by atoms with Gasteiger partial charge in [-0.2, -0.15) is 4.98 Å². The Bertz CT molecular complexity index is 330. The number of hydrogen-bond acceptors (Lipinski definition) is 6. The molecule has 1 saturated heterocycles. The fraction of sp³-hybridized carbons (Fsp3) is 0.818. The Labute approximate surface area is 102 Å². The molecule has 1 aliphatic heterocycles. The summed E-state index contributed by atoms with van der Waals surface area (Å²) in [5.41, 5.74) is 0. The zero-order valence-corrected chi connectivity index (χ0v) is 10.6. The highest BCUT2D eigenvalue weighted by molar-refractivity contribution is 4.86. The molecule has 1 aromatic heterocycles. The van der Waals surface area contributed by atoms with E-state index >= 15 is 0 Å². The molecule has 0 aromatic carbocycles. The first kappa shape index (κ1) is 12.5. The highest BCUT2D eigenvalue weighted by Crippen LogP contribution is 2.05. The van der Waals surface area contributed by atoms with Crippen molar-refractivity contribution in [3.8, 4) is 0 Å². The average molecular weight is 239 g/mol. The van der Waals surface area contributed by atoms with Crippen LogP contribution < -0.4 is 5.32 Å². The lowest BCUT2D eigenvalue weighted by Crippen LogP contribution is -2.27. The topological polar surface area (TPSA) is 57.4 Å². The van der Waals surface area contributed by atoms with Gasteiger partial charge in [-0.05, 0) is 33.6 Å². The van der Waals surface area contributed by atoms with Crippen molar-refractivity contribution >= 4 is 0 Å². The summed E-state index contributed by atoms with van der Waals surface area (Å²) in [6, 6.07) is 0. The normalized spacial score (nSPS) is 18.5. The molecule has 6 nitrogen and oxygen atoms in total. The van der Waals surface area contributed by atoms with Crippen LogP contribution >= 0.6 is 0 Å². The van der Waals surface area contributed by atoms with Gasteiger partial charge in [-0.25, -0.2) is 0 Å². The van der Waals surface area contributed by atoms with E-state index in [-0.39, 0.29) is 0 Å². The lowest BCUT2D eigenvalue weighted by molar-refractivity contribution is 0.238. The molecule has 0 bridgehead atoms. The van der Waals surface area contributed by atoms with Gasteiger partial charge in [-0.1, -0.05) is 5.16 Å². The van der Waals surface area contributed by atoms with Crippen molar-refractivity contribution in [2.75, 3.05) is 40.3 Å². The first-order valence-electron chi connectivity index (χ1n) is 6.13. The summed E-state index contributed by atoms with van der Waals surface area (Å²) < 4.78 is 5.26. The predicted molar refractivity (Wildman–Crippen MR) is 64.5 cm³/mol. The minimum atomic E-state index is 0.726. The molecule has 2 heterocycles. The van der Waals surface area contributed by atoms with E-state index in [4.69, 9.17) is 4.52 Å². The van der Waals surface area contributed by atoms with Crippen molar-refractivity contribution < 1.29 is 4.52 Å². The van der Waals surface area contributed by atoms with E-state index in [1.807, 2.05) is 19.0 Å². The molecule has 1 fully saturated rings. The van der Waals surface area contributed by atoms with Crippen molar-refractivity contribution in [3.05, 3.63) is 11.7 Å². The summed E-state index contributed by atoms with van der Waals surface area (Å²) in [7, 11) is 3.99. The Hall–Kier alpha value is -0.980. The van der Waals surface area contributed by atoms with Crippen molar-refractivity contribution in [2.45, 2.75) is 19.5 Å². The van der Waals surface area contributed by atoms with Gasteiger partial charge >= 0.3 is 0 Å². The molecule has 0 amide bonds. The molecular formula is C11H21N5O. The van der Waals surface area contributed by atoms with Crippen LogP contribution in [0.1, 0.15) is 18.1 Å². The number of rotatable bonds is 4. The van der Waals surface area contributed by atoms with Gasteiger partial charge in [0.25, 0.3) is 0 Å². The van der Waals surface area contributed by atoms with Crippen LogP contribution in [0.4, 0.5) is 0 Å². The highest BCUT2D eigenvalue weighted by atomic mass is 16.5. The molecule has 0 aliphatic carbocycles. The lowest BCUT2D eigenvalue weighted by Gasteiger charge is -2.16. The first-order chi connectivity index (χ1) is 8.24. The fourth-order valence-electron chi connectivity index (χ4n) is 1.95. The molecule has 6 heteroatoms. The van der Waals surface area contributed by atoms with Crippen molar-refractivity contribution in [1.82, 2.24) is 25.3 Å². The summed E-state index contributed by atoms with van der Waals surface area (Å²) in [5, 5.41) is 7.35. The minimum Gasteiger partial charge on any atom is -0.338 e. The van der Waals surface area contributed by atoms with Gasteiger partial charge in [0.2, 0.25) is 5.89 Å². The Balaban J connectivity index is 1.86. The largest absolute Gasteiger partial charge is 0.338 e. The molecular weight excluding hydrogens is 218 g/mol. The van der Waals surface area contributed by atoms with Crippen LogP contribution in [0, 0.1) is 0 Å². The average Bonchev–Trinajstić information content (AvgIpc) is 2.54. The maximum atomic E-state index is 5.26. The monoisotopic (exact) mass is 239 g/mol. The zero-order chi connectivity index (χ0) is 12.1. The van der Waals surface area contributed by atoms with Gasteiger partial charge in [0.1, 0.15) is 0 Å². The molecule has 0 atom stereocenters. The van der Waals surface area contributed by atoms with E-state index < -0.39 is 0 Å². The SMILES string of the molecule is CN(C)Cc1noc(CN2CCCNCC2)n1. The van der Waals surface area contributed by atoms with Crippen molar-refractivity contribution in [2.24, 2.45) is 0 Å². The van der Waals surface area contributed by atoms with Gasteiger partial charge < -0.3 is 14.7 Å². The zero-order valence-electron chi connectivity index (χ0n) is 10.6. The Morgan fingerprint density at radius 1 is 1.35 bits per heavy atom. The van der Waals surface area contributed by atoms with Gasteiger partial charge in [-0.15, -0.1) is 0 Å². The molecule has 1 N–H and O–H groups in total. The van der Waals surface area contributed by atoms with Crippen LogP contribution in [0.5, 0.6) is 0 Å². The maximum Gasteiger partial charge on any atom is 0.240 e. The van der Waals surface area contributed by atoms with E-state index in [0.29, 0.717) is 0 Å². The van der Waals surface area contributed by atoms with Crippen LogP contribution in [0.25, 0.3) is 0 Å². The van der Waals surface area contributed by atoms with E-state index in [0.717, 1.165) is 51.0 Å². The fourth-order valence-corrected chi connectivity index (χ4v) is 1.95. The second kappa shape index (κ2) is 6.09. The van der Waals surface area contributed by atoms with Crippen LogP contribution in [-0.4, -0.2) is 60.2 Å². The Morgan fingerprint density at radius 2 is 2.24 bits per heavy atom. The van der Waals surface area contributed by atoms with Crippen LogP contribution in [0.2, 0.25) is 0 Å². The number of hydrogen-bond donors (Lipinski definition) is 1. The molecule has 0 radical (unpaired) electrons. The van der Waals surface area contributed by atoms with Gasteiger partial charge in [0.05, 0.1) is 13.1 Å². The van der Waals surface area contributed by atoms with Gasteiger partial charge in [0.15, 0.2) is 5.82 Å². The van der Waals surface area contributed by atoms with Crippen molar-refractivity contribution in [1.29, 1.82) is 0 Å². The molecule has 0 unspecified atom stereocenters. The van der Waals surface area contributed by atoms with Gasteiger partial charge in [-0.3, -0.25) is 4.90 Å². The summed E-state index contributed by atoms with van der Waals surface area (Å²) in [4.78, 5) is 8.78. The highest BCUT2D eigenvalue weighted by Gasteiger charge is 2.13. The first-order valence-corrected chi connectivity index (χ1v) is 6.13. The Morgan fingerprint density at radius 3 is 3.06 bits per heavy atom. The van der Waals surface area contributed by atoms with E-state index in [2.05, 4.69) is 20.4 Å². The van der Waals surface area contributed by atoms with Crippen molar-refractivity contribution in [3.63, 3.8) is 0 Å². The van der Waals surface area contributed by atoms with E-state index in [9.17, 15) is 0 Å². The van der Waals surface area contributed by atoms with Gasteiger partial charge in [0, 0.05) is 13.1 Å². The Kier molecular flexibility index (Phi) is 4.47. The maximum absolute atomic E-state index is 5.26. The number of nitrogens with one attached hydrogen (secondary N) is 1. The van der Waals surface area contributed by atoms with Crippen LogP contribution in [0.3, 0.4) is 0 Å². The summed E-state index contributed by atoms with van der Waals surface area (Å²) >= 11 is 0. The molecule has 0 saturated carbocycles. The third-order valence-corrected chi connectivity index (χ3v) is 2.76. The second-order valence-corrected chi connectivity index (χ2v) is 4.72. The van der Waals surface area contributed by atoms with Crippen LogP contribution in [0.15, 0.2) is 4.52 Å². The van der Waals surface area contributed by atoms with E-state index in [1.165, 1.54) is 6.42 Å². The molecule has 2 rings (SSSR count). The third-order valence-electron chi connectivity index (χ3n) is 2.76. The summed E-state index contributed by atoms with van der Waals surface area (Å²) in [6.07, 6.45) is 1.18. The number of aromatic nitrogens is 2. The molecule has 0 spiro atoms. The summed E-state index contributed by atoms with van der Waals surface area (Å²) in [5.74, 6) is 1.49.